The van der Waals surface area contributed by atoms with Gasteiger partial charge in [0.25, 0.3) is 0 Å². The molecule has 0 aliphatic heterocycles. The first-order chi connectivity index (χ1) is 23.3. The first-order valence-corrected chi connectivity index (χ1v) is 16.1. The van der Waals surface area contributed by atoms with Crippen LogP contribution in [-0.4, -0.2) is 9.55 Å². The SMILES string of the molecule is c1ccc(-n2c(-c3ccc(-c4cccc5c6cccc7ccc8cccc(c9ccccc9c45)c8c76)cc3)nc3ccccc32)cc1. The minimum absolute atomic E-state index is 0.939. The Hall–Kier alpha value is -6.25. The number of imidazole rings is 1. The molecule has 0 saturated carbocycles. The molecular formula is C45H28N2. The number of rotatable bonds is 3. The molecule has 9 aromatic carbocycles. The van der Waals surface area contributed by atoms with Gasteiger partial charge in [-0.25, -0.2) is 4.98 Å². The Labute approximate surface area is 271 Å². The standard InChI is InChI=1S/C45H28N2/c1-2-13-33(14-3-1)47-41-22-7-6-21-40(41)46-45(47)32-27-23-29(24-28-32)34-17-10-20-39-38-19-9-12-31-26-25-30-11-8-18-36(42(30)43(31)38)35-15-4-5-16-37(35)44(34)39/h1-28H. The Morgan fingerprint density at radius 1 is 0.362 bits per heavy atom. The van der Waals surface area contributed by atoms with Crippen molar-refractivity contribution in [1.82, 2.24) is 9.55 Å². The van der Waals surface area contributed by atoms with Gasteiger partial charge in [-0.3, -0.25) is 4.57 Å². The van der Waals surface area contributed by atoms with E-state index in [0.29, 0.717) is 0 Å². The fraction of sp³-hybridized carbons (Fsp3) is 0. The van der Waals surface area contributed by atoms with Crippen LogP contribution in [0.1, 0.15) is 0 Å². The summed E-state index contributed by atoms with van der Waals surface area (Å²) < 4.78 is 2.26. The molecule has 0 N–H and O–H groups in total. The van der Waals surface area contributed by atoms with Crippen molar-refractivity contribution < 1.29 is 0 Å². The summed E-state index contributed by atoms with van der Waals surface area (Å²) in [6, 6.07) is 61.5. The van der Waals surface area contributed by atoms with Crippen molar-refractivity contribution >= 4 is 64.9 Å². The van der Waals surface area contributed by atoms with Crippen molar-refractivity contribution in [3.8, 4) is 28.2 Å². The van der Waals surface area contributed by atoms with Gasteiger partial charge < -0.3 is 0 Å². The van der Waals surface area contributed by atoms with E-state index in [9.17, 15) is 0 Å². The molecule has 0 spiro atoms. The fourth-order valence-electron chi connectivity index (χ4n) is 7.70. The van der Waals surface area contributed by atoms with Gasteiger partial charge in [-0.2, -0.15) is 0 Å². The van der Waals surface area contributed by atoms with Crippen molar-refractivity contribution in [2.45, 2.75) is 0 Å². The Kier molecular flexibility index (Phi) is 5.61. The molecule has 2 nitrogen and oxygen atoms in total. The van der Waals surface area contributed by atoms with E-state index in [1.807, 2.05) is 0 Å². The van der Waals surface area contributed by atoms with Crippen LogP contribution < -0.4 is 0 Å². The van der Waals surface area contributed by atoms with E-state index in [-0.39, 0.29) is 0 Å². The number of para-hydroxylation sites is 3. The van der Waals surface area contributed by atoms with Crippen LogP contribution >= 0.6 is 0 Å². The van der Waals surface area contributed by atoms with Gasteiger partial charge in [-0.05, 0) is 89.3 Å². The molecule has 0 amide bonds. The number of hydrogen-bond donors (Lipinski definition) is 0. The van der Waals surface area contributed by atoms with Crippen molar-refractivity contribution in [3.05, 3.63) is 170 Å². The zero-order valence-electron chi connectivity index (χ0n) is 25.6. The van der Waals surface area contributed by atoms with Crippen LogP contribution in [0.25, 0.3) is 93.1 Å². The lowest BCUT2D eigenvalue weighted by Gasteiger charge is -2.16. The van der Waals surface area contributed by atoms with E-state index in [1.54, 1.807) is 0 Å². The summed E-state index contributed by atoms with van der Waals surface area (Å²) in [6.07, 6.45) is 0. The van der Waals surface area contributed by atoms with Crippen LogP contribution in [0.4, 0.5) is 0 Å². The minimum atomic E-state index is 0.939. The Balaban J connectivity index is 1.26. The van der Waals surface area contributed by atoms with E-state index >= 15 is 0 Å². The summed E-state index contributed by atoms with van der Waals surface area (Å²) in [6.45, 7) is 0. The average molecular weight is 597 g/mol. The van der Waals surface area contributed by atoms with E-state index in [2.05, 4.69) is 174 Å². The second kappa shape index (κ2) is 10.1. The maximum atomic E-state index is 5.11. The molecule has 0 bridgehead atoms. The number of aromatic nitrogens is 2. The largest absolute Gasteiger partial charge is 0.292 e. The van der Waals surface area contributed by atoms with Crippen LogP contribution in [0, 0.1) is 0 Å². The molecule has 218 valence electrons. The predicted molar refractivity (Wildman–Crippen MR) is 199 cm³/mol. The lowest BCUT2D eigenvalue weighted by atomic mass is 9.88. The molecule has 47 heavy (non-hydrogen) atoms. The number of hydrogen-bond acceptors (Lipinski definition) is 1. The van der Waals surface area contributed by atoms with E-state index < -0.39 is 0 Å². The second-order valence-corrected chi connectivity index (χ2v) is 12.3. The third-order valence-electron chi connectivity index (χ3n) is 9.76. The third-order valence-corrected chi connectivity index (χ3v) is 9.76. The highest BCUT2D eigenvalue weighted by Crippen LogP contribution is 2.43. The topological polar surface area (TPSA) is 17.8 Å². The average Bonchev–Trinajstić information content (AvgIpc) is 3.53. The molecule has 0 saturated heterocycles. The highest BCUT2D eigenvalue weighted by molar-refractivity contribution is 6.34. The fourth-order valence-corrected chi connectivity index (χ4v) is 7.70. The lowest BCUT2D eigenvalue weighted by Crippen LogP contribution is -1.97. The van der Waals surface area contributed by atoms with Gasteiger partial charge in [-0.1, -0.05) is 146 Å². The molecular weight excluding hydrogens is 569 g/mol. The van der Waals surface area contributed by atoms with Crippen LogP contribution in [0.2, 0.25) is 0 Å². The molecule has 0 radical (unpaired) electrons. The summed E-state index contributed by atoms with van der Waals surface area (Å²) in [5.41, 5.74) is 6.68. The normalized spacial score (nSPS) is 11.8. The summed E-state index contributed by atoms with van der Waals surface area (Å²) in [4.78, 5) is 5.11. The van der Waals surface area contributed by atoms with E-state index in [0.717, 1.165) is 28.1 Å². The first-order valence-electron chi connectivity index (χ1n) is 16.1. The van der Waals surface area contributed by atoms with Gasteiger partial charge in [0, 0.05) is 11.3 Å². The van der Waals surface area contributed by atoms with Crippen LogP contribution in [0.3, 0.4) is 0 Å². The maximum absolute atomic E-state index is 5.11. The quantitative estimate of drug-likeness (QED) is 0.186. The Bertz CT molecular complexity index is 2830. The van der Waals surface area contributed by atoms with Crippen molar-refractivity contribution in [1.29, 1.82) is 0 Å². The van der Waals surface area contributed by atoms with Gasteiger partial charge in [0.15, 0.2) is 0 Å². The number of nitrogens with zero attached hydrogens (tertiary/aromatic N) is 2. The highest BCUT2D eigenvalue weighted by atomic mass is 15.1. The van der Waals surface area contributed by atoms with Crippen LogP contribution in [0.5, 0.6) is 0 Å². The van der Waals surface area contributed by atoms with Gasteiger partial charge in [0.1, 0.15) is 5.82 Å². The summed E-state index contributed by atoms with van der Waals surface area (Å²) in [5, 5.41) is 12.8. The monoisotopic (exact) mass is 596 g/mol. The van der Waals surface area contributed by atoms with Gasteiger partial charge in [-0.15, -0.1) is 0 Å². The molecule has 0 unspecified atom stereocenters. The third kappa shape index (κ3) is 3.89. The predicted octanol–water partition coefficient (Wildman–Crippen LogP) is 12.1. The molecule has 0 fully saturated rings. The molecule has 0 atom stereocenters. The van der Waals surface area contributed by atoms with E-state index in [1.165, 1.54) is 65.0 Å². The molecule has 10 rings (SSSR count). The number of benzene rings is 8. The second-order valence-electron chi connectivity index (χ2n) is 12.3. The highest BCUT2D eigenvalue weighted by Gasteiger charge is 2.17. The zero-order chi connectivity index (χ0) is 30.9. The van der Waals surface area contributed by atoms with E-state index in [4.69, 9.17) is 4.98 Å². The molecule has 0 aliphatic rings. The minimum Gasteiger partial charge on any atom is -0.292 e. The van der Waals surface area contributed by atoms with Gasteiger partial charge >= 0.3 is 0 Å². The summed E-state index contributed by atoms with van der Waals surface area (Å²) in [5.74, 6) is 0.939. The van der Waals surface area contributed by atoms with Crippen molar-refractivity contribution in [2.24, 2.45) is 0 Å². The summed E-state index contributed by atoms with van der Waals surface area (Å²) in [7, 11) is 0. The van der Waals surface area contributed by atoms with Crippen molar-refractivity contribution in [3.63, 3.8) is 0 Å². The smallest absolute Gasteiger partial charge is 0.145 e. The van der Waals surface area contributed by atoms with Crippen LogP contribution in [0.15, 0.2) is 170 Å². The number of fused-ring (bicyclic) bond motifs is 6. The molecule has 2 heteroatoms. The first kappa shape index (κ1) is 26.0. The maximum Gasteiger partial charge on any atom is 0.145 e. The Morgan fingerprint density at radius 3 is 1.64 bits per heavy atom. The zero-order valence-corrected chi connectivity index (χ0v) is 25.6. The van der Waals surface area contributed by atoms with Gasteiger partial charge in [0.05, 0.1) is 11.0 Å². The lowest BCUT2D eigenvalue weighted by molar-refractivity contribution is 1.10. The molecule has 1 heterocycles. The Morgan fingerprint density at radius 2 is 0.894 bits per heavy atom. The molecule has 10 aromatic rings. The van der Waals surface area contributed by atoms with Crippen molar-refractivity contribution in [2.75, 3.05) is 0 Å². The summed E-state index contributed by atoms with van der Waals surface area (Å²) >= 11 is 0. The van der Waals surface area contributed by atoms with Gasteiger partial charge in [0.2, 0.25) is 0 Å². The molecule has 1 aromatic heterocycles. The van der Waals surface area contributed by atoms with Crippen LogP contribution in [-0.2, 0) is 0 Å². The molecule has 0 aliphatic carbocycles.